The monoisotopic (exact) mass is 350 g/mol. The van der Waals surface area contributed by atoms with Crippen LogP contribution in [0.1, 0.15) is 64.7 Å². The minimum absolute atomic E-state index is 1.20. The zero-order chi connectivity index (χ0) is 19.0. The molecular weight excluding hydrogens is 312 g/mol. The van der Waals surface area contributed by atoms with E-state index in [1.807, 2.05) is 60.8 Å². The van der Waals surface area contributed by atoms with Crippen LogP contribution in [0.3, 0.4) is 0 Å². The molecule has 0 unspecified atom stereocenters. The maximum atomic E-state index is 3.62. The van der Waals surface area contributed by atoms with Gasteiger partial charge in [-0.25, -0.2) is 0 Å². The highest BCUT2D eigenvalue weighted by Gasteiger charge is 1.89. The number of hydrogen-bond donors (Lipinski definition) is 0. The minimum Gasteiger partial charge on any atom is -0.0991 e. The van der Waals surface area contributed by atoms with Crippen molar-refractivity contribution in [3.05, 3.63) is 97.7 Å². The topological polar surface area (TPSA) is 0 Å². The molecule has 0 aromatic heterocycles. The van der Waals surface area contributed by atoms with E-state index in [0.717, 1.165) is 0 Å². The van der Waals surface area contributed by atoms with Gasteiger partial charge in [-0.3, -0.25) is 0 Å². The molecule has 0 saturated carbocycles. The molecule has 0 aromatic carbocycles. The fourth-order valence-corrected chi connectivity index (χ4v) is 2.36. The largest absolute Gasteiger partial charge is 0.0991 e. The first kappa shape index (κ1) is 23.9. The first-order valence-electron chi connectivity index (χ1n) is 10.2. The van der Waals surface area contributed by atoms with E-state index >= 15 is 0 Å². The lowest BCUT2D eigenvalue weighted by Crippen LogP contribution is -1.79. The third-order valence-electron chi connectivity index (χ3n) is 3.83. The fraction of sp³-hybridized carbons (Fsp3) is 0.385. The van der Waals surface area contributed by atoms with Gasteiger partial charge in [0.15, 0.2) is 0 Å². The third kappa shape index (κ3) is 21.9. The molecule has 0 aromatic rings. The SMILES string of the molecule is C=CC=CC=CC=CC=CC=CC=CC=CCCCCCCCCCC. The lowest BCUT2D eigenvalue weighted by Gasteiger charge is -1.99. The van der Waals surface area contributed by atoms with Gasteiger partial charge in [-0.2, -0.15) is 0 Å². The lowest BCUT2D eigenvalue weighted by atomic mass is 10.1. The molecular formula is C26H38. The molecule has 142 valence electrons. The summed E-state index contributed by atoms with van der Waals surface area (Å²) < 4.78 is 0. The van der Waals surface area contributed by atoms with E-state index < -0.39 is 0 Å². The van der Waals surface area contributed by atoms with Crippen LogP contribution in [0.15, 0.2) is 97.7 Å². The predicted octanol–water partition coefficient (Wildman–Crippen LogP) is 8.60. The molecule has 0 heteroatoms. The molecule has 0 saturated heterocycles. The van der Waals surface area contributed by atoms with Gasteiger partial charge in [0.2, 0.25) is 0 Å². The van der Waals surface area contributed by atoms with Crippen LogP contribution in [-0.2, 0) is 0 Å². The van der Waals surface area contributed by atoms with E-state index in [1.54, 1.807) is 6.08 Å². The average molecular weight is 351 g/mol. The molecule has 0 nitrogen and oxygen atoms in total. The van der Waals surface area contributed by atoms with Crippen LogP contribution < -0.4 is 0 Å². The first-order valence-corrected chi connectivity index (χ1v) is 10.2. The Morgan fingerprint density at radius 3 is 1.31 bits per heavy atom. The van der Waals surface area contributed by atoms with Crippen LogP contribution in [0.5, 0.6) is 0 Å². The lowest BCUT2D eigenvalue weighted by molar-refractivity contribution is 0.577. The van der Waals surface area contributed by atoms with Gasteiger partial charge in [-0.15, -0.1) is 0 Å². The summed E-state index contributed by atoms with van der Waals surface area (Å²) in [6.07, 6.45) is 42.6. The highest BCUT2D eigenvalue weighted by atomic mass is 14.0. The van der Waals surface area contributed by atoms with Crippen LogP contribution in [-0.4, -0.2) is 0 Å². The van der Waals surface area contributed by atoms with Crippen molar-refractivity contribution in [1.29, 1.82) is 0 Å². The zero-order valence-electron chi connectivity index (χ0n) is 16.7. The summed E-state index contributed by atoms with van der Waals surface area (Å²) in [5.74, 6) is 0. The molecule has 0 amide bonds. The van der Waals surface area contributed by atoms with Crippen LogP contribution >= 0.6 is 0 Å². The molecule has 0 N–H and O–H groups in total. The second-order valence-corrected chi connectivity index (χ2v) is 6.24. The first-order chi connectivity index (χ1) is 12.9. The van der Waals surface area contributed by atoms with E-state index in [2.05, 4.69) is 37.8 Å². The Kier molecular flexibility index (Phi) is 21.1. The summed E-state index contributed by atoms with van der Waals surface area (Å²) in [5.41, 5.74) is 0. The summed E-state index contributed by atoms with van der Waals surface area (Å²) >= 11 is 0. The van der Waals surface area contributed by atoms with Gasteiger partial charge in [-0.05, 0) is 12.8 Å². The van der Waals surface area contributed by atoms with E-state index in [9.17, 15) is 0 Å². The van der Waals surface area contributed by atoms with Crippen molar-refractivity contribution in [3.8, 4) is 0 Å². The predicted molar refractivity (Wildman–Crippen MR) is 121 cm³/mol. The Morgan fingerprint density at radius 1 is 0.462 bits per heavy atom. The van der Waals surface area contributed by atoms with E-state index in [-0.39, 0.29) is 0 Å². The molecule has 0 radical (unpaired) electrons. The Balaban J connectivity index is 3.56. The normalized spacial score (nSPS) is 13.3. The quantitative estimate of drug-likeness (QED) is 0.193. The minimum atomic E-state index is 1.20. The summed E-state index contributed by atoms with van der Waals surface area (Å²) in [6, 6.07) is 0. The standard InChI is InChI=1S/C26H38/c1-3-5-7-9-11-13-15-17-19-21-23-25-26-24-22-20-18-16-14-12-10-8-6-4-2/h3,5,7,9,11,13,15,17,19,21-26H,1,4,6,8,10,12,14,16,18,20H2,2H3. The highest BCUT2D eigenvalue weighted by molar-refractivity contribution is 5.21. The Bertz CT molecular complexity index is 492. The van der Waals surface area contributed by atoms with Crippen LogP contribution in [0, 0.1) is 0 Å². The van der Waals surface area contributed by atoms with E-state index in [0.29, 0.717) is 0 Å². The van der Waals surface area contributed by atoms with Crippen molar-refractivity contribution in [3.63, 3.8) is 0 Å². The molecule has 0 fully saturated rings. The highest BCUT2D eigenvalue weighted by Crippen LogP contribution is 2.09. The van der Waals surface area contributed by atoms with Crippen LogP contribution in [0.25, 0.3) is 0 Å². The molecule has 0 rings (SSSR count). The molecule has 0 heterocycles. The van der Waals surface area contributed by atoms with Gasteiger partial charge in [0.25, 0.3) is 0 Å². The Hall–Kier alpha value is -2.08. The van der Waals surface area contributed by atoms with Crippen molar-refractivity contribution >= 4 is 0 Å². The summed E-state index contributed by atoms with van der Waals surface area (Å²) in [7, 11) is 0. The van der Waals surface area contributed by atoms with Crippen molar-refractivity contribution in [2.75, 3.05) is 0 Å². The maximum Gasteiger partial charge on any atom is -0.0348 e. The number of rotatable bonds is 16. The molecule has 26 heavy (non-hydrogen) atoms. The van der Waals surface area contributed by atoms with Crippen molar-refractivity contribution in [2.24, 2.45) is 0 Å². The van der Waals surface area contributed by atoms with Crippen LogP contribution in [0.4, 0.5) is 0 Å². The van der Waals surface area contributed by atoms with Gasteiger partial charge in [0.05, 0.1) is 0 Å². The maximum absolute atomic E-state index is 3.62. The van der Waals surface area contributed by atoms with Gasteiger partial charge >= 0.3 is 0 Å². The average Bonchev–Trinajstić information content (AvgIpc) is 2.66. The zero-order valence-corrected chi connectivity index (χ0v) is 16.7. The van der Waals surface area contributed by atoms with Gasteiger partial charge in [0.1, 0.15) is 0 Å². The molecule has 0 atom stereocenters. The summed E-state index contributed by atoms with van der Waals surface area (Å²) in [5, 5.41) is 0. The van der Waals surface area contributed by atoms with E-state index in [4.69, 9.17) is 0 Å². The van der Waals surface area contributed by atoms with Crippen molar-refractivity contribution < 1.29 is 0 Å². The Morgan fingerprint density at radius 2 is 0.846 bits per heavy atom. The molecule has 0 aliphatic rings. The summed E-state index contributed by atoms with van der Waals surface area (Å²) in [4.78, 5) is 0. The fourth-order valence-electron chi connectivity index (χ4n) is 2.36. The molecule has 0 spiro atoms. The van der Waals surface area contributed by atoms with Crippen LogP contribution in [0.2, 0.25) is 0 Å². The van der Waals surface area contributed by atoms with Crippen molar-refractivity contribution in [1.82, 2.24) is 0 Å². The number of hydrogen-bond acceptors (Lipinski definition) is 0. The van der Waals surface area contributed by atoms with Gasteiger partial charge in [0, 0.05) is 0 Å². The number of allylic oxidation sites excluding steroid dienone is 15. The summed E-state index contributed by atoms with van der Waals surface area (Å²) in [6.45, 7) is 5.89. The number of unbranched alkanes of at least 4 members (excludes halogenated alkanes) is 8. The second kappa shape index (κ2) is 22.9. The smallest absolute Gasteiger partial charge is 0.0348 e. The molecule has 0 bridgehead atoms. The van der Waals surface area contributed by atoms with Crippen molar-refractivity contribution in [2.45, 2.75) is 64.7 Å². The Labute approximate surface area is 162 Å². The molecule has 0 aliphatic carbocycles. The van der Waals surface area contributed by atoms with Gasteiger partial charge in [-0.1, -0.05) is 150 Å². The second-order valence-electron chi connectivity index (χ2n) is 6.24. The van der Waals surface area contributed by atoms with E-state index in [1.165, 1.54) is 57.8 Å². The third-order valence-corrected chi connectivity index (χ3v) is 3.83. The molecule has 0 aliphatic heterocycles. The van der Waals surface area contributed by atoms with Gasteiger partial charge < -0.3 is 0 Å².